The normalized spacial score (nSPS) is 15.2. The van der Waals surface area contributed by atoms with Gasteiger partial charge in [0.25, 0.3) is 0 Å². The Bertz CT molecular complexity index is 164. The van der Waals surface area contributed by atoms with Gasteiger partial charge < -0.3 is 24.4 Å². The minimum atomic E-state index is -0.839. The summed E-state index contributed by atoms with van der Waals surface area (Å²) in [5, 5.41) is 17.6. The largest absolute Gasteiger partial charge is 0.394 e. The topological polar surface area (TPSA) is 68.2 Å². The van der Waals surface area contributed by atoms with E-state index in [1.54, 1.807) is 0 Å². The van der Waals surface area contributed by atoms with E-state index >= 15 is 0 Å². The molecule has 0 saturated carbocycles. The Morgan fingerprint density at radius 1 is 1.00 bits per heavy atom. The van der Waals surface area contributed by atoms with Crippen LogP contribution in [-0.2, 0) is 14.2 Å². The van der Waals surface area contributed by atoms with Crippen LogP contribution in [0.5, 0.6) is 0 Å². The third-order valence-corrected chi connectivity index (χ3v) is 2.41. The predicted octanol–water partition coefficient (Wildman–Crippen LogP) is 0.783. The van der Waals surface area contributed by atoms with E-state index in [9.17, 15) is 0 Å². The van der Waals surface area contributed by atoms with Crippen LogP contribution in [-0.4, -0.2) is 55.6 Å². The summed E-state index contributed by atoms with van der Waals surface area (Å²) in [5.74, 6) is -0.743. The molecule has 0 saturated heterocycles. The van der Waals surface area contributed by atoms with Gasteiger partial charge in [0, 0.05) is 12.5 Å². The first-order valence-corrected chi connectivity index (χ1v) is 6.20. The van der Waals surface area contributed by atoms with Crippen molar-refractivity contribution in [3.63, 3.8) is 0 Å². The fraction of sp³-hybridized carbons (Fsp3) is 1.00. The van der Waals surface area contributed by atoms with Crippen molar-refractivity contribution in [2.75, 3.05) is 39.6 Å². The van der Waals surface area contributed by atoms with E-state index in [4.69, 9.17) is 24.4 Å². The maximum absolute atomic E-state index is 8.85. The van der Waals surface area contributed by atoms with Gasteiger partial charge >= 0.3 is 0 Å². The average molecular weight is 250 g/mol. The molecule has 0 aromatic carbocycles. The van der Waals surface area contributed by atoms with Crippen molar-refractivity contribution in [2.45, 2.75) is 33.0 Å². The highest BCUT2D eigenvalue weighted by Crippen LogP contribution is 2.24. The molecule has 104 valence electrons. The number of rotatable bonds is 11. The molecule has 0 spiro atoms. The fourth-order valence-electron chi connectivity index (χ4n) is 1.40. The molecule has 1 unspecified atom stereocenters. The molecule has 0 aliphatic rings. The molecule has 5 nitrogen and oxygen atoms in total. The van der Waals surface area contributed by atoms with E-state index in [1.165, 1.54) is 0 Å². The summed E-state index contributed by atoms with van der Waals surface area (Å²) in [7, 11) is 0. The maximum atomic E-state index is 8.85. The number of ether oxygens (including phenoxy) is 3. The number of hydrogen-bond acceptors (Lipinski definition) is 5. The highest BCUT2D eigenvalue weighted by molar-refractivity contribution is 4.74. The van der Waals surface area contributed by atoms with Gasteiger partial charge in [0.05, 0.1) is 26.4 Å². The van der Waals surface area contributed by atoms with Gasteiger partial charge in [-0.2, -0.15) is 0 Å². The van der Waals surface area contributed by atoms with Gasteiger partial charge in [0.15, 0.2) is 5.79 Å². The molecule has 0 aliphatic heterocycles. The van der Waals surface area contributed by atoms with Crippen LogP contribution in [0.1, 0.15) is 27.2 Å². The summed E-state index contributed by atoms with van der Waals surface area (Å²) >= 11 is 0. The van der Waals surface area contributed by atoms with E-state index in [2.05, 4.69) is 0 Å². The number of aliphatic hydroxyl groups excluding tert-OH is 2. The van der Waals surface area contributed by atoms with Crippen molar-refractivity contribution in [3.8, 4) is 0 Å². The molecule has 2 N–H and O–H groups in total. The van der Waals surface area contributed by atoms with Crippen LogP contribution in [0.25, 0.3) is 0 Å². The van der Waals surface area contributed by atoms with Crippen LogP contribution in [0.15, 0.2) is 0 Å². The van der Waals surface area contributed by atoms with Crippen molar-refractivity contribution < 1.29 is 24.4 Å². The molecular formula is C12H26O5. The first-order valence-electron chi connectivity index (χ1n) is 6.20. The molecule has 0 rings (SSSR count). The fourth-order valence-corrected chi connectivity index (χ4v) is 1.40. The molecule has 0 radical (unpaired) electrons. The Hall–Kier alpha value is -0.200. The first-order chi connectivity index (χ1) is 8.13. The van der Waals surface area contributed by atoms with Gasteiger partial charge in [0.1, 0.15) is 6.61 Å². The summed E-state index contributed by atoms with van der Waals surface area (Å²) < 4.78 is 16.7. The molecule has 0 heterocycles. The van der Waals surface area contributed by atoms with Gasteiger partial charge in [-0.3, -0.25) is 0 Å². The molecule has 0 fully saturated rings. The SMILES string of the molecule is CCCOC(COCCO)(OCCO)C(C)C. The number of hydrogen-bond donors (Lipinski definition) is 2. The van der Waals surface area contributed by atoms with Crippen LogP contribution in [0.3, 0.4) is 0 Å². The van der Waals surface area contributed by atoms with Crippen LogP contribution in [0.2, 0.25) is 0 Å². The second-order valence-electron chi connectivity index (χ2n) is 4.16. The minimum Gasteiger partial charge on any atom is -0.394 e. The van der Waals surface area contributed by atoms with Crippen molar-refractivity contribution in [3.05, 3.63) is 0 Å². The molecule has 0 bridgehead atoms. The Balaban J connectivity index is 4.45. The second kappa shape index (κ2) is 9.79. The predicted molar refractivity (Wildman–Crippen MR) is 64.8 cm³/mol. The maximum Gasteiger partial charge on any atom is 0.194 e. The molecule has 0 aromatic heterocycles. The van der Waals surface area contributed by atoms with Crippen LogP contribution in [0, 0.1) is 5.92 Å². The summed E-state index contributed by atoms with van der Waals surface area (Å²) in [6, 6.07) is 0. The Morgan fingerprint density at radius 2 is 1.59 bits per heavy atom. The molecule has 1 atom stereocenters. The quantitative estimate of drug-likeness (QED) is 0.419. The van der Waals surface area contributed by atoms with Crippen molar-refractivity contribution in [1.29, 1.82) is 0 Å². The molecular weight excluding hydrogens is 224 g/mol. The van der Waals surface area contributed by atoms with Crippen LogP contribution >= 0.6 is 0 Å². The minimum absolute atomic E-state index is 0.0258. The third-order valence-electron chi connectivity index (χ3n) is 2.41. The van der Waals surface area contributed by atoms with Gasteiger partial charge in [-0.15, -0.1) is 0 Å². The monoisotopic (exact) mass is 250 g/mol. The van der Waals surface area contributed by atoms with Gasteiger partial charge in [-0.05, 0) is 6.42 Å². The lowest BCUT2D eigenvalue weighted by atomic mass is 10.0. The van der Waals surface area contributed by atoms with Gasteiger partial charge in [0.2, 0.25) is 0 Å². The Morgan fingerprint density at radius 3 is 2.06 bits per heavy atom. The second-order valence-corrected chi connectivity index (χ2v) is 4.16. The Kier molecular flexibility index (Phi) is 9.68. The van der Waals surface area contributed by atoms with Crippen LogP contribution in [0.4, 0.5) is 0 Å². The standard InChI is InChI=1S/C12H26O5/c1-4-7-16-12(11(2)3,17-9-6-14)10-15-8-5-13/h11,13-14H,4-10H2,1-3H3. The van der Waals surface area contributed by atoms with E-state index in [0.717, 1.165) is 6.42 Å². The summed E-state index contributed by atoms with van der Waals surface area (Å²) in [4.78, 5) is 0. The van der Waals surface area contributed by atoms with E-state index in [1.807, 2.05) is 20.8 Å². The molecule has 17 heavy (non-hydrogen) atoms. The van der Waals surface area contributed by atoms with Crippen molar-refractivity contribution in [1.82, 2.24) is 0 Å². The Labute approximate surface area is 104 Å². The summed E-state index contributed by atoms with van der Waals surface area (Å²) in [5.41, 5.74) is 0. The zero-order chi connectivity index (χ0) is 13.1. The van der Waals surface area contributed by atoms with Crippen molar-refractivity contribution in [2.24, 2.45) is 5.92 Å². The molecule has 0 aromatic rings. The summed E-state index contributed by atoms with van der Waals surface area (Å²) in [6.45, 7) is 7.20. The van der Waals surface area contributed by atoms with E-state index < -0.39 is 5.79 Å². The van der Waals surface area contributed by atoms with Crippen LogP contribution < -0.4 is 0 Å². The third kappa shape index (κ3) is 6.33. The van der Waals surface area contributed by atoms with Crippen molar-refractivity contribution >= 4 is 0 Å². The van der Waals surface area contributed by atoms with E-state index in [-0.39, 0.29) is 39.0 Å². The lowest BCUT2D eigenvalue weighted by Gasteiger charge is -2.36. The zero-order valence-electron chi connectivity index (χ0n) is 11.1. The highest BCUT2D eigenvalue weighted by Gasteiger charge is 2.36. The smallest absolute Gasteiger partial charge is 0.194 e. The average Bonchev–Trinajstić information content (AvgIpc) is 2.32. The lowest BCUT2D eigenvalue weighted by molar-refractivity contribution is -0.286. The first kappa shape index (κ1) is 16.8. The highest BCUT2D eigenvalue weighted by atomic mass is 16.7. The lowest BCUT2D eigenvalue weighted by Crippen LogP contribution is -2.47. The molecule has 0 amide bonds. The van der Waals surface area contributed by atoms with E-state index in [0.29, 0.717) is 6.61 Å². The zero-order valence-corrected chi connectivity index (χ0v) is 11.1. The number of aliphatic hydroxyl groups is 2. The van der Waals surface area contributed by atoms with Gasteiger partial charge in [-0.1, -0.05) is 20.8 Å². The molecule has 5 heteroatoms. The van der Waals surface area contributed by atoms with Gasteiger partial charge in [-0.25, -0.2) is 0 Å². The molecule has 0 aliphatic carbocycles. The summed E-state index contributed by atoms with van der Waals surface area (Å²) in [6.07, 6.45) is 0.886.